The first-order valence-corrected chi connectivity index (χ1v) is 7.13. The molecule has 21 heavy (non-hydrogen) atoms. The number of carbonyl (C=O) groups is 2. The normalized spacial score (nSPS) is 17.8. The molecular formula is C15H21N3O3. The van der Waals surface area contributed by atoms with Gasteiger partial charge in [0.2, 0.25) is 0 Å². The van der Waals surface area contributed by atoms with Gasteiger partial charge in [0.25, 0.3) is 5.91 Å². The molecule has 0 radical (unpaired) electrons. The molecule has 114 valence electrons. The predicted octanol–water partition coefficient (Wildman–Crippen LogP) is 1.68. The minimum absolute atomic E-state index is 0.0258. The van der Waals surface area contributed by atoms with Crippen molar-refractivity contribution in [2.75, 3.05) is 31.6 Å². The Hall–Kier alpha value is -2.08. The SMILES string of the molecule is CCOCC1CCN(C(=O)c2cccc(NC(N)=O)c2)C1. The Morgan fingerprint density at radius 2 is 2.29 bits per heavy atom. The highest BCUT2D eigenvalue weighted by atomic mass is 16.5. The van der Waals surface area contributed by atoms with Crippen LogP contribution < -0.4 is 11.1 Å². The first kappa shape index (κ1) is 15.3. The maximum atomic E-state index is 12.4. The molecule has 0 spiro atoms. The molecule has 0 bridgehead atoms. The summed E-state index contributed by atoms with van der Waals surface area (Å²) in [5.41, 5.74) is 6.16. The second-order valence-electron chi connectivity index (χ2n) is 5.14. The molecule has 2 rings (SSSR count). The Bertz CT molecular complexity index is 519. The maximum absolute atomic E-state index is 12.4. The van der Waals surface area contributed by atoms with Gasteiger partial charge in [-0.05, 0) is 31.5 Å². The van der Waals surface area contributed by atoms with Crippen LogP contribution in [0.4, 0.5) is 10.5 Å². The topological polar surface area (TPSA) is 84.7 Å². The lowest BCUT2D eigenvalue weighted by atomic mass is 10.1. The largest absolute Gasteiger partial charge is 0.381 e. The van der Waals surface area contributed by atoms with E-state index in [1.807, 2.05) is 11.8 Å². The number of ether oxygens (including phenoxy) is 1. The van der Waals surface area contributed by atoms with Crippen LogP contribution in [0.2, 0.25) is 0 Å². The minimum atomic E-state index is -0.641. The second-order valence-corrected chi connectivity index (χ2v) is 5.14. The summed E-state index contributed by atoms with van der Waals surface area (Å²) in [4.78, 5) is 25.1. The van der Waals surface area contributed by atoms with Crippen molar-refractivity contribution in [1.82, 2.24) is 4.90 Å². The zero-order chi connectivity index (χ0) is 15.2. The van der Waals surface area contributed by atoms with Crippen molar-refractivity contribution in [3.8, 4) is 0 Å². The van der Waals surface area contributed by atoms with Gasteiger partial charge in [0.05, 0.1) is 6.61 Å². The van der Waals surface area contributed by atoms with Crippen molar-refractivity contribution in [2.45, 2.75) is 13.3 Å². The highest BCUT2D eigenvalue weighted by Crippen LogP contribution is 2.20. The van der Waals surface area contributed by atoms with Gasteiger partial charge in [0.1, 0.15) is 0 Å². The molecule has 0 aliphatic carbocycles. The van der Waals surface area contributed by atoms with Gasteiger partial charge >= 0.3 is 6.03 Å². The zero-order valence-corrected chi connectivity index (χ0v) is 12.2. The lowest BCUT2D eigenvalue weighted by Crippen LogP contribution is -2.29. The number of carbonyl (C=O) groups excluding carboxylic acids is 2. The van der Waals surface area contributed by atoms with E-state index < -0.39 is 6.03 Å². The van der Waals surface area contributed by atoms with E-state index in [9.17, 15) is 9.59 Å². The Balaban J connectivity index is 1.99. The number of hydrogen-bond donors (Lipinski definition) is 2. The molecule has 1 unspecified atom stereocenters. The lowest BCUT2D eigenvalue weighted by Gasteiger charge is -2.17. The summed E-state index contributed by atoms with van der Waals surface area (Å²) in [5.74, 6) is 0.378. The van der Waals surface area contributed by atoms with Crippen LogP contribution in [0.1, 0.15) is 23.7 Å². The van der Waals surface area contributed by atoms with E-state index >= 15 is 0 Å². The molecule has 6 heteroatoms. The Morgan fingerprint density at radius 3 is 3.00 bits per heavy atom. The summed E-state index contributed by atoms with van der Waals surface area (Å²) >= 11 is 0. The average molecular weight is 291 g/mol. The van der Waals surface area contributed by atoms with Crippen LogP contribution in [-0.4, -0.2) is 43.1 Å². The molecule has 1 aromatic rings. The number of nitrogens with one attached hydrogen (secondary N) is 1. The molecule has 1 saturated heterocycles. The number of nitrogens with two attached hydrogens (primary N) is 1. The summed E-state index contributed by atoms with van der Waals surface area (Å²) < 4.78 is 5.41. The van der Waals surface area contributed by atoms with Crippen LogP contribution in [0.25, 0.3) is 0 Å². The third-order valence-corrected chi connectivity index (χ3v) is 3.51. The number of nitrogens with zero attached hydrogens (tertiary/aromatic N) is 1. The Morgan fingerprint density at radius 1 is 1.48 bits per heavy atom. The fraction of sp³-hybridized carbons (Fsp3) is 0.467. The number of hydrogen-bond acceptors (Lipinski definition) is 3. The van der Waals surface area contributed by atoms with Crippen LogP contribution in [0.5, 0.6) is 0 Å². The van der Waals surface area contributed by atoms with Crippen LogP contribution in [-0.2, 0) is 4.74 Å². The van der Waals surface area contributed by atoms with Crippen LogP contribution >= 0.6 is 0 Å². The fourth-order valence-electron chi connectivity index (χ4n) is 2.49. The number of benzene rings is 1. The standard InChI is InChI=1S/C15H21N3O3/c1-2-21-10-11-6-7-18(9-11)14(19)12-4-3-5-13(8-12)17-15(16)20/h3-5,8,11H,2,6-7,9-10H2,1H3,(H3,16,17,20). The number of anilines is 1. The monoisotopic (exact) mass is 291 g/mol. The van der Waals surface area contributed by atoms with Crippen LogP contribution in [0.15, 0.2) is 24.3 Å². The van der Waals surface area contributed by atoms with Gasteiger partial charge in [-0.2, -0.15) is 0 Å². The van der Waals surface area contributed by atoms with Gasteiger partial charge in [-0.15, -0.1) is 0 Å². The fourth-order valence-corrected chi connectivity index (χ4v) is 2.49. The molecule has 1 fully saturated rings. The van der Waals surface area contributed by atoms with Gasteiger partial charge in [0, 0.05) is 36.9 Å². The number of likely N-dealkylation sites (tertiary alicyclic amines) is 1. The summed E-state index contributed by atoms with van der Waals surface area (Å²) in [6.45, 7) is 4.82. The van der Waals surface area contributed by atoms with E-state index in [1.165, 1.54) is 0 Å². The van der Waals surface area contributed by atoms with Gasteiger partial charge < -0.3 is 20.7 Å². The van der Waals surface area contributed by atoms with Gasteiger partial charge in [-0.25, -0.2) is 4.79 Å². The Labute approximate surface area is 124 Å². The molecule has 1 aromatic carbocycles. The molecule has 1 aliphatic heterocycles. The van der Waals surface area contributed by atoms with E-state index in [1.54, 1.807) is 24.3 Å². The highest BCUT2D eigenvalue weighted by molar-refractivity contribution is 5.96. The summed E-state index contributed by atoms with van der Waals surface area (Å²) in [5, 5.41) is 2.48. The predicted molar refractivity (Wildman–Crippen MR) is 80.2 cm³/mol. The third-order valence-electron chi connectivity index (χ3n) is 3.51. The number of amides is 3. The van der Waals surface area contributed by atoms with Gasteiger partial charge in [-0.3, -0.25) is 4.79 Å². The van der Waals surface area contributed by atoms with Crippen LogP contribution in [0, 0.1) is 5.92 Å². The van der Waals surface area contributed by atoms with Crippen molar-refractivity contribution in [2.24, 2.45) is 11.7 Å². The van der Waals surface area contributed by atoms with E-state index in [-0.39, 0.29) is 5.91 Å². The molecule has 1 atom stereocenters. The molecule has 0 saturated carbocycles. The molecule has 0 aromatic heterocycles. The zero-order valence-electron chi connectivity index (χ0n) is 12.2. The lowest BCUT2D eigenvalue weighted by molar-refractivity contribution is 0.0763. The van der Waals surface area contributed by atoms with E-state index in [0.717, 1.165) is 13.0 Å². The van der Waals surface area contributed by atoms with E-state index in [4.69, 9.17) is 10.5 Å². The number of primary amides is 1. The number of rotatable bonds is 5. The number of urea groups is 1. The minimum Gasteiger partial charge on any atom is -0.381 e. The van der Waals surface area contributed by atoms with Gasteiger partial charge in [-0.1, -0.05) is 6.07 Å². The molecule has 6 nitrogen and oxygen atoms in total. The summed E-state index contributed by atoms with van der Waals surface area (Å²) in [6.07, 6.45) is 0.963. The van der Waals surface area contributed by atoms with Gasteiger partial charge in [0.15, 0.2) is 0 Å². The van der Waals surface area contributed by atoms with Crippen molar-refractivity contribution in [1.29, 1.82) is 0 Å². The molecule has 1 heterocycles. The van der Waals surface area contributed by atoms with Crippen molar-refractivity contribution in [3.05, 3.63) is 29.8 Å². The molecule has 1 aliphatic rings. The Kier molecular flexibility index (Phi) is 5.16. The van der Waals surface area contributed by atoms with Crippen LogP contribution in [0.3, 0.4) is 0 Å². The molecule has 3 amide bonds. The summed E-state index contributed by atoms with van der Waals surface area (Å²) in [6, 6.07) is 6.17. The average Bonchev–Trinajstić information content (AvgIpc) is 2.92. The van der Waals surface area contributed by atoms with E-state index in [2.05, 4.69) is 5.32 Å². The van der Waals surface area contributed by atoms with Crippen molar-refractivity contribution >= 4 is 17.6 Å². The maximum Gasteiger partial charge on any atom is 0.316 e. The quantitative estimate of drug-likeness (QED) is 0.865. The highest BCUT2D eigenvalue weighted by Gasteiger charge is 2.27. The third kappa shape index (κ3) is 4.19. The van der Waals surface area contributed by atoms with E-state index in [0.29, 0.717) is 36.9 Å². The van der Waals surface area contributed by atoms with Crippen molar-refractivity contribution in [3.63, 3.8) is 0 Å². The summed E-state index contributed by atoms with van der Waals surface area (Å²) in [7, 11) is 0. The smallest absolute Gasteiger partial charge is 0.316 e. The van der Waals surface area contributed by atoms with Crippen molar-refractivity contribution < 1.29 is 14.3 Å². The molecule has 3 N–H and O–H groups in total. The molecular weight excluding hydrogens is 270 g/mol. The first-order valence-electron chi connectivity index (χ1n) is 7.13. The second kappa shape index (κ2) is 7.08. The first-order chi connectivity index (χ1) is 10.1.